The standard InChI is InChI=1S/C21H20N2O6/c1-2-12-7-14(16(24)9-18(12)29-11-20(25)26)21-15(10-22-23-21)13-3-4-17-19(8-13)28-6-5-27-17/h3-4,7-10,24H,2,5-6,11H2,1H3,(H,22,23)(H,25,26). The monoisotopic (exact) mass is 396 g/mol. The maximum Gasteiger partial charge on any atom is 0.341 e. The van der Waals surface area contributed by atoms with Crippen LogP contribution >= 0.6 is 0 Å². The molecule has 3 aromatic rings. The van der Waals surface area contributed by atoms with Crippen LogP contribution < -0.4 is 14.2 Å². The zero-order valence-corrected chi connectivity index (χ0v) is 15.8. The minimum absolute atomic E-state index is 0.0365. The lowest BCUT2D eigenvalue weighted by Gasteiger charge is -2.19. The summed E-state index contributed by atoms with van der Waals surface area (Å²) in [6, 6.07) is 8.85. The number of carbonyl (C=O) groups is 1. The number of nitrogens with zero attached hydrogens (tertiary/aromatic N) is 1. The fourth-order valence-corrected chi connectivity index (χ4v) is 3.29. The highest BCUT2D eigenvalue weighted by atomic mass is 16.6. The van der Waals surface area contributed by atoms with Crippen molar-refractivity contribution in [2.24, 2.45) is 0 Å². The van der Waals surface area contributed by atoms with Gasteiger partial charge in [-0.1, -0.05) is 13.0 Å². The number of ether oxygens (including phenoxy) is 3. The average molecular weight is 396 g/mol. The van der Waals surface area contributed by atoms with Crippen LogP contribution in [0.5, 0.6) is 23.0 Å². The van der Waals surface area contributed by atoms with Gasteiger partial charge in [0.05, 0.1) is 11.9 Å². The van der Waals surface area contributed by atoms with E-state index in [0.717, 1.165) is 16.7 Å². The van der Waals surface area contributed by atoms with E-state index in [-0.39, 0.29) is 5.75 Å². The van der Waals surface area contributed by atoms with Crippen molar-refractivity contribution in [3.63, 3.8) is 0 Å². The quantitative estimate of drug-likeness (QED) is 0.586. The van der Waals surface area contributed by atoms with Crippen LogP contribution in [-0.2, 0) is 11.2 Å². The summed E-state index contributed by atoms with van der Waals surface area (Å²) in [5.74, 6) is 0.588. The van der Waals surface area contributed by atoms with Gasteiger partial charge < -0.3 is 24.4 Å². The highest BCUT2D eigenvalue weighted by Gasteiger charge is 2.19. The van der Waals surface area contributed by atoms with Crippen LogP contribution in [0.3, 0.4) is 0 Å². The Kier molecular flexibility index (Phi) is 4.99. The lowest BCUT2D eigenvalue weighted by molar-refractivity contribution is -0.139. The van der Waals surface area contributed by atoms with Gasteiger partial charge in [-0.15, -0.1) is 0 Å². The molecule has 0 bridgehead atoms. The highest BCUT2D eigenvalue weighted by Crippen LogP contribution is 2.41. The Morgan fingerprint density at radius 1 is 1.17 bits per heavy atom. The molecule has 0 fully saturated rings. The molecule has 0 spiro atoms. The predicted molar refractivity (Wildman–Crippen MR) is 105 cm³/mol. The van der Waals surface area contributed by atoms with E-state index >= 15 is 0 Å². The number of rotatable bonds is 6. The van der Waals surface area contributed by atoms with Crippen LogP contribution in [-0.4, -0.2) is 46.2 Å². The van der Waals surface area contributed by atoms with Gasteiger partial charge in [0.25, 0.3) is 0 Å². The summed E-state index contributed by atoms with van der Waals surface area (Å²) in [6.07, 6.45) is 2.29. The normalized spacial score (nSPS) is 12.6. The molecule has 0 saturated heterocycles. The van der Waals surface area contributed by atoms with Crippen LogP contribution in [0.15, 0.2) is 36.5 Å². The number of H-pyrrole nitrogens is 1. The Balaban J connectivity index is 1.73. The van der Waals surface area contributed by atoms with Crippen LogP contribution in [0.2, 0.25) is 0 Å². The van der Waals surface area contributed by atoms with Crippen molar-refractivity contribution in [2.45, 2.75) is 13.3 Å². The molecule has 4 rings (SSSR count). The third-order valence-corrected chi connectivity index (χ3v) is 4.67. The predicted octanol–water partition coefficient (Wildman–Crippen LogP) is 3.25. The number of aromatic nitrogens is 2. The summed E-state index contributed by atoms with van der Waals surface area (Å²) in [4.78, 5) is 10.8. The van der Waals surface area contributed by atoms with Crippen molar-refractivity contribution in [3.8, 4) is 45.4 Å². The highest BCUT2D eigenvalue weighted by molar-refractivity contribution is 5.84. The van der Waals surface area contributed by atoms with E-state index in [1.807, 2.05) is 25.1 Å². The van der Waals surface area contributed by atoms with Crippen LogP contribution in [0.25, 0.3) is 22.4 Å². The topological polar surface area (TPSA) is 114 Å². The largest absolute Gasteiger partial charge is 0.507 e. The third kappa shape index (κ3) is 3.69. The second kappa shape index (κ2) is 7.75. The first kappa shape index (κ1) is 18.7. The third-order valence-electron chi connectivity index (χ3n) is 4.67. The van der Waals surface area contributed by atoms with Crippen molar-refractivity contribution < 1.29 is 29.2 Å². The van der Waals surface area contributed by atoms with E-state index in [2.05, 4.69) is 10.2 Å². The summed E-state index contributed by atoms with van der Waals surface area (Å²) in [7, 11) is 0. The number of nitrogens with one attached hydrogen (secondary N) is 1. The molecular weight excluding hydrogens is 376 g/mol. The van der Waals surface area contributed by atoms with Gasteiger partial charge in [-0.05, 0) is 35.7 Å². The summed E-state index contributed by atoms with van der Waals surface area (Å²) in [5.41, 5.74) is 3.62. The van der Waals surface area contributed by atoms with Gasteiger partial charge in [0, 0.05) is 17.2 Å². The molecule has 1 aliphatic heterocycles. The van der Waals surface area contributed by atoms with Crippen molar-refractivity contribution in [3.05, 3.63) is 42.1 Å². The number of carboxylic acid groups (broad SMARTS) is 1. The molecule has 0 radical (unpaired) electrons. The molecule has 29 heavy (non-hydrogen) atoms. The van der Waals surface area contributed by atoms with E-state index in [0.29, 0.717) is 48.1 Å². The molecule has 1 aliphatic rings. The fraction of sp³-hybridized carbons (Fsp3) is 0.238. The number of aromatic amines is 1. The van der Waals surface area contributed by atoms with Crippen molar-refractivity contribution in [1.29, 1.82) is 0 Å². The SMILES string of the molecule is CCc1cc(-c2[nH]ncc2-c2ccc3c(c2)OCCO3)c(O)cc1OCC(=O)O. The van der Waals surface area contributed by atoms with Gasteiger partial charge in [0.15, 0.2) is 18.1 Å². The lowest BCUT2D eigenvalue weighted by atomic mass is 9.98. The van der Waals surface area contributed by atoms with E-state index in [9.17, 15) is 9.90 Å². The van der Waals surface area contributed by atoms with Gasteiger partial charge >= 0.3 is 5.97 Å². The molecular formula is C21H20N2O6. The first-order chi connectivity index (χ1) is 14.1. The number of aliphatic carboxylic acids is 1. The molecule has 0 aliphatic carbocycles. The van der Waals surface area contributed by atoms with E-state index < -0.39 is 12.6 Å². The summed E-state index contributed by atoms with van der Waals surface area (Å²) >= 11 is 0. The minimum atomic E-state index is -1.08. The molecule has 3 N–H and O–H groups in total. The number of fused-ring (bicyclic) bond motifs is 1. The maximum atomic E-state index is 10.8. The van der Waals surface area contributed by atoms with Crippen molar-refractivity contribution in [1.82, 2.24) is 10.2 Å². The van der Waals surface area contributed by atoms with E-state index in [4.69, 9.17) is 19.3 Å². The Morgan fingerprint density at radius 2 is 1.97 bits per heavy atom. The van der Waals surface area contributed by atoms with Crippen molar-refractivity contribution >= 4 is 5.97 Å². The number of hydrogen-bond acceptors (Lipinski definition) is 6. The maximum absolute atomic E-state index is 10.8. The molecule has 0 atom stereocenters. The summed E-state index contributed by atoms with van der Waals surface area (Å²) in [6.45, 7) is 2.47. The Morgan fingerprint density at radius 3 is 2.72 bits per heavy atom. The van der Waals surface area contributed by atoms with Crippen LogP contribution in [0.4, 0.5) is 0 Å². The number of phenols is 1. The molecule has 8 heteroatoms. The summed E-state index contributed by atoms with van der Waals surface area (Å²) in [5, 5.41) is 26.5. The van der Waals surface area contributed by atoms with Gasteiger partial charge in [-0.3, -0.25) is 5.10 Å². The molecule has 1 aromatic heterocycles. The van der Waals surface area contributed by atoms with Crippen LogP contribution in [0, 0.1) is 0 Å². The van der Waals surface area contributed by atoms with Gasteiger partial charge in [-0.25, -0.2) is 4.79 Å². The minimum Gasteiger partial charge on any atom is -0.507 e. The number of aryl methyl sites for hydroxylation is 1. The summed E-state index contributed by atoms with van der Waals surface area (Å²) < 4.78 is 16.5. The molecule has 0 amide bonds. The Hall–Kier alpha value is -3.68. The number of phenolic OH excluding ortho intramolecular Hbond substituents is 1. The molecule has 0 saturated carbocycles. The first-order valence-electron chi connectivity index (χ1n) is 9.21. The first-order valence-corrected chi connectivity index (χ1v) is 9.21. The van der Waals surface area contributed by atoms with Gasteiger partial charge in [-0.2, -0.15) is 5.10 Å². The number of hydrogen-bond donors (Lipinski definition) is 3. The molecule has 2 aromatic carbocycles. The number of aromatic hydroxyl groups is 1. The fourth-order valence-electron chi connectivity index (χ4n) is 3.29. The number of carboxylic acids is 1. The average Bonchev–Trinajstić information content (AvgIpc) is 3.21. The second-order valence-electron chi connectivity index (χ2n) is 6.53. The van der Waals surface area contributed by atoms with Crippen molar-refractivity contribution in [2.75, 3.05) is 19.8 Å². The van der Waals surface area contributed by atoms with Crippen LogP contribution in [0.1, 0.15) is 12.5 Å². The Bertz CT molecular complexity index is 1060. The molecule has 8 nitrogen and oxygen atoms in total. The zero-order valence-electron chi connectivity index (χ0n) is 15.8. The smallest absolute Gasteiger partial charge is 0.341 e. The molecule has 0 unspecified atom stereocenters. The second-order valence-corrected chi connectivity index (χ2v) is 6.53. The van der Waals surface area contributed by atoms with E-state index in [1.165, 1.54) is 6.07 Å². The number of benzene rings is 2. The Labute approximate surface area is 166 Å². The zero-order chi connectivity index (χ0) is 20.4. The molecule has 2 heterocycles. The molecule has 150 valence electrons. The lowest BCUT2D eigenvalue weighted by Crippen LogP contribution is -2.15. The van der Waals surface area contributed by atoms with E-state index in [1.54, 1.807) is 12.3 Å². The van der Waals surface area contributed by atoms with Gasteiger partial charge in [0.1, 0.15) is 24.7 Å². The van der Waals surface area contributed by atoms with Gasteiger partial charge in [0.2, 0.25) is 0 Å².